The Hall–Kier alpha value is -3.49. The zero-order chi connectivity index (χ0) is 20.7. The van der Waals surface area contributed by atoms with Crippen molar-refractivity contribution in [3.8, 4) is 0 Å². The van der Waals surface area contributed by atoms with Crippen molar-refractivity contribution in [3.63, 3.8) is 0 Å². The number of hydrogen-bond acceptors (Lipinski definition) is 6. The number of amides is 4. The molecule has 4 rings (SSSR count). The summed E-state index contributed by atoms with van der Waals surface area (Å²) in [5, 5.41) is 3.81. The third kappa shape index (κ3) is 3.18. The van der Waals surface area contributed by atoms with Crippen LogP contribution in [0.25, 0.3) is 0 Å². The number of benzene rings is 1. The molecule has 0 saturated carbocycles. The number of imide groups is 1. The molecule has 3 heterocycles. The second-order valence-corrected chi connectivity index (χ2v) is 7.11. The lowest BCUT2D eigenvalue weighted by Gasteiger charge is -2.35. The Bertz CT molecular complexity index is 965. The number of aromatic nitrogens is 1. The molecule has 29 heavy (non-hydrogen) atoms. The van der Waals surface area contributed by atoms with Gasteiger partial charge in [-0.3, -0.25) is 24.1 Å². The van der Waals surface area contributed by atoms with E-state index in [9.17, 15) is 19.2 Å². The summed E-state index contributed by atoms with van der Waals surface area (Å²) in [7, 11) is 0. The van der Waals surface area contributed by atoms with Crippen LogP contribution >= 0.6 is 0 Å². The zero-order valence-corrected chi connectivity index (χ0v) is 16.2. The standard InChI is InChI=1S/C20H20N4O5/c1-12-17(13(2)29-21-12)20(28)23-9-7-22(8-10-23)16(25)11-24-18(26)14-5-3-4-6-15(14)19(24)27/h3-6H,7-11H2,1-2H3. The van der Waals surface area contributed by atoms with Gasteiger partial charge in [-0.1, -0.05) is 17.3 Å². The number of piperazine rings is 1. The molecule has 0 spiro atoms. The average molecular weight is 396 g/mol. The second kappa shape index (κ2) is 7.16. The molecule has 9 heteroatoms. The highest BCUT2D eigenvalue weighted by Crippen LogP contribution is 2.22. The van der Waals surface area contributed by atoms with Gasteiger partial charge < -0.3 is 14.3 Å². The Morgan fingerprint density at radius 3 is 2.03 bits per heavy atom. The zero-order valence-electron chi connectivity index (χ0n) is 16.2. The highest BCUT2D eigenvalue weighted by Gasteiger charge is 2.37. The van der Waals surface area contributed by atoms with Gasteiger partial charge in [0, 0.05) is 26.2 Å². The van der Waals surface area contributed by atoms with Crippen molar-refractivity contribution in [1.82, 2.24) is 19.9 Å². The number of hydrogen-bond donors (Lipinski definition) is 0. The van der Waals surface area contributed by atoms with Gasteiger partial charge in [-0.05, 0) is 26.0 Å². The first-order chi connectivity index (χ1) is 13.9. The summed E-state index contributed by atoms with van der Waals surface area (Å²) in [6.45, 7) is 4.48. The minimum absolute atomic E-state index is 0.173. The first-order valence-corrected chi connectivity index (χ1v) is 9.33. The summed E-state index contributed by atoms with van der Waals surface area (Å²) in [6.07, 6.45) is 0. The molecule has 150 valence electrons. The topological polar surface area (TPSA) is 104 Å². The monoisotopic (exact) mass is 396 g/mol. The lowest BCUT2D eigenvalue weighted by molar-refractivity contribution is -0.132. The molecule has 4 amide bonds. The van der Waals surface area contributed by atoms with Crippen molar-refractivity contribution in [2.24, 2.45) is 0 Å². The van der Waals surface area contributed by atoms with E-state index < -0.39 is 11.8 Å². The Balaban J connectivity index is 1.37. The molecular formula is C20H20N4O5. The molecule has 9 nitrogen and oxygen atoms in total. The van der Waals surface area contributed by atoms with E-state index in [-0.39, 0.29) is 18.4 Å². The van der Waals surface area contributed by atoms with E-state index in [1.165, 1.54) is 0 Å². The maximum atomic E-state index is 12.7. The van der Waals surface area contributed by atoms with E-state index in [0.29, 0.717) is 54.3 Å². The highest BCUT2D eigenvalue weighted by atomic mass is 16.5. The summed E-state index contributed by atoms with van der Waals surface area (Å²) in [5.74, 6) is -0.924. The molecule has 1 fully saturated rings. The predicted octanol–water partition coefficient (Wildman–Crippen LogP) is 0.872. The Labute approximate surface area is 166 Å². The molecule has 1 aromatic carbocycles. The van der Waals surface area contributed by atoms with Crippen LogP contribution in [0.5, 0.6) is 0 Å². The number of carbonyl (C=O) groups is 4. The molecular weight excluding hydrogens is 376 g/mol. The molecule has 2 aliphatic heterocycles. The van der Waals surface area contributed by atoms with Crippen molar-refractivity contribution in [2.75, 3.05) is 32.7 Å². The van der Waals surface area contributed by atoms with Gasteiger partial charge in [0.1, 0.15) is 17.9 Å². The smallest absolute Gasteiger partial charge is 0.262 e. The van der Waals surface area contributed by atoms with Crippen LogP contribution in [0.4, 0.5) is 0 Å². The lowest BCUT2D eigenvalue weighted by atomic mass is 10.1. The van der Waals surface area contributed by atoms with Gasteiger partial charge in [-0.25, -0.2) is 0 Å². The van der Waals surface area contributed by atoms with Crippen LogP contribution in [0.15, 0.2) is 28.8 Å². The second-order valence-electron chi connectivity index (χ2n) is 7.11. The highest BCUT2D eigenvalue weighted by molar-refractivity contribution is 6.22. The van der Waals surface area contributed by atoms with Crippen LogP contribution in [-0.2, 0) is 4.79 Å². The number of aryl methyl sites for hydroxylation is 2. The number of rotatable bonds is 3. The van der Waals surface area contributed by atoms with E-state index >= 15 is 0 Å². The summed E-state index contributed by atoms with van der Waals surface area (Å²) < 4.78 is 5.06. The quantitative estimate of drug-likeness (QED) is 0.713. The van der Waals surface area contributed by atoms with Gasteiger partial charge in [0.2, 0.25) is 5.91 Å². The Kier molecular flexibility index (Phi) is 4.65. The van der Waals surface area contributed by atoms with Crippen LogP contribution in [0.3, 0.4) is 0 Å². The number of nitrogens with zero attached hydrogens (tertiary/aromatic N) is 4. The van der Waals surface area contributed by atoms with Crippen molar-refractivity contribution in [2.45, 2.75) is 13.8 Å². The molecule has 1 saturated heterocycles. The van der Waals surface area contributed by atoms with Gasteiger partial charge in [0.15, 0.2) is 0 Å². The van der Waals surface area contributed by atoms with Gasteiger partial charge in [-0.15, -0.1) is 0 Å². The van der Waals surface area contributed by atoms with Crippen molar-refractivity contribution in [1.29, 1.82) is 0 Å². The molecule has 0 unspecified atom stereocenters. The minimum Gasteiger partial charge on any atom is -0.361 e. The van der Waals surface area contributed by atoms with Gasteiger partial charge in [0.05, 0.1) is 16.8 Å². The molecule has 0 aliphatic carbocycles. The SMILES string of the molecule is Cc1noc(C)c1C(=O)N1CCN(C(=O)CN2C(=O)c3ccccc3C2=O)CC1. The van der Waals surface area contributed by atoms with Crippen LogP contribution in [0.2, 0.25) is 0 Å². The van der Waals surface area contributed by atoms with E-state index in [1.807, 2.05) is 0 Å². The third-order valence-corrected chi connectivity index (χ3v) is 5.34. The van der Waals surface area contributed by atoms with Crippen LogP contribution in [-0.4, -0.2) is 76.2 Å². The summed E-state index contributed by atoms with van der Waals surface area (Å²) in [4.78, 5) is 54.4. The van der Waals surface area contributed by atoms with Crippen LogP contribution < -0.4 is 0 Å². The first-order valence-electron chi connectivity index (χ1n) is 9.33. The summed E-state index contributed by atoms with van der Waals surface area (Å²) >= 11 is 0. The van der Waals surface area contributed by atoms with Gasteiger partial charge >= 0.3 is 0 Å². The first kappa shape index (κ1) is 18.9. The fourth-order valence-electron chi connectivity index (χ4n) is 3.72. The summed E-state index contributed by atoms with van der Waals surface area (Å²) in [6, 6.07) is 6.54. The lowest BCUT2D eigenvalue weighted by Crippen LogP contribution is -2.53. The maximum absolute atomic E-state index is 12.7. The predicted molar refractivity (Wildman–Crippen MR) is 100 cm³/mol. The Morgan fingerprint density at radius 1 is 0.966 bits per heavy atom. The molecule has 2 aromatic rings. The molecule has 0 bridgehead atoms. The van der Waals surface area contributed by atoms with Gasteiger partial charge in [-0.2, -0.15) is 0 Å². The molecule has 0 N–H and O–H groups in total. The van der Waals surface area contributed by atoms with E-state index in [4.69, 9.17) is 4.52 Å². The fourth-order valence-corrected chi connectivity index (χ4v) is 3.72. The summed E-state index contributed by atoms with van der Waals surface area (Å²) in [5.41, 5.74) is 1.63. The minimum atomic E-state index is -0.453. The number of carbonyl (C=O) groups excluding carboxylic acids is 4. The Morgan fingerprint density at radius 2 is 1.52 bits per heavy atom. The van der Waals surface area contributed by atoms with E-state index in [2.05, 4.69) is 5.16 Å². The van der Waals surface area contributed by atoms with Crippen molar-refractivity contribution < 1.29 is 23.7 Å². The van der Waals surface area contributed by atoms with E-state index in [1.54, 1.807) is 47.9 Å². The van der Waals surface area contributed by atoms with Gasteiger partial charge in [0.25, 0.3) is 17.7 Å². The van der Waals surface area contributed by atoms with Crippen LogP contribution in [0.1, 0.15) is 42.5 Å². The van der Waals surface area contributed by atoms with E-state index in [0.717, 1.165) is 4.90 Å². The third-order valence-electron chi connectivity index (χ3n) is 5.34. The fraction of sp³-hybridized carbons (Fsp3) is 0.350. The molecule has 0 atom stereocenters. The van der Waals surface area contributed by atoms with Crippen molar-refractivity contribution >= 4 is 23.6 Å². The molecule has 0 radical (unpaired) electrons. The van der Waals surface area contributed by atoms with Crippen LogP contribution in [0, 0.1) is 13.8 Å². The molecule has 1 aromatic heterocycles. The average Bonchev–Trinajstić information content (AvgIpc) is 3.19. The molecule has 2 aliphatic rings. The number of fused-ring (bicyclic) bond motifs is 1. The largest absolute Gasteiger partial charge is 0.361 e. The van der Waals surface area contributed by atoms with Crippen molar-refractivity contribution in [3.05, 3.63) is 52.4 Å². The maximum Gasteiger partial charge on any atom is 0.262 e. The normalized spacial score (nSPS) is 16.4.